The van der Waals surface area contributed by atoms with E-state index in [0.717, 1.165) is 0 Å². The summed E-state index contributed by atoms with van der Waals surface area (Å²) >= 11 is 15.8. The molecule has 0 saturated heterocycles. The molecular weight excluding hydrogens is 1080 g/mol. The van der Waals surface area contributed by atoms with Gasteiger partial charge in [-0.3, -0.25) is 0 Å². The van der Waals surface area contributed by atoms with Crippen LogP contribution in [0.5, 0.6) is 0 Å². The maximum atomic E-state index is 3.60. The Labute approximate surface area is 407 Å². The van der Waals surface area contributed by atoms with Gasteiger partial charge in [-0.05, 0) is 0 Å². The monoisotopic (exact) mass is 1140 g/mol. The molecule has 0 nitrogen and oxygen atoms in total. The van der Waals surface area contributed by atoms with Gasteiger partial charge in [0.1, 0.15) is 0 Å². The van der Waals surface area contributed by atoms with Crippen LogP contribution >= 0.6 is 77.2 Å². The van der Waals surface area contributed by atoms with Gasteiger partial charge < -0.3 is 0 Å². The molecule has 6 aromatic heterocycles. The van der Waals surface area contributed by atoms with Crippen molar-refractivity contribution in [2.75, 3.05) is 0 Å². The van der Waals surface area contributed by atoms with E-state index in [0.29, 0.717) is 29.0 Å². The van der Waals surface area contributed by atoms with Crippen LogP contribution in [0, 0.1) is 0 Å². The molecule has 0 aliphatic rings. The Kier molecular flexibility index (Phi) is 16.5. The summed E-state index contributed by atoms with van der Waals surface area (Å²) in [6.45, 7) is 4.60. The normalized spacial score (nSPS) is 12.0. The van der Waals surface area contributed by atoms with Crippen molar-refractivity contribution in [1.29, 1.82) is 0 Å². The molecule has 0 unspecified atom stereocenters. The van der Waals surface area contributed by atoms with Crippen LogP contribution in [0.2, 0.25) is 0 Å². The third-order valence-electron chi connectivity index (χ3n) is 12.1. The zero-order valence-corrected chi connectivity index (χ0v) is 44.7. The number of aryl methyl sites for hydroxylation is 2. The minimum atomic E-state index is 0. The minimum absolute atomic E-state index is 0. The Morgan fingerprint density at radius 3 is 1.00 bits per heavy atom. The molecule has 0 amide bonds. The van der Waals surface area contributed by atoms with Crippen LogP contribution in [0.1, 0.15) is 134 Å². The summed E-state index contributed by atoms with van der Waals surface area (Å²) in [5.41, 5.74) is 0. The summed E-state index contributed by atoms with van der Waals surface area (Å²) < 4.78 is 14.4. The van der Waals surface area contributed by atoms with Crippen molar-refractivity contribution in [2.45, 2.75) is 137 Å². The van der Waals surface area contributed by atoms with E-state index in [1.54, 1.807) is 18.3 Å². The predicted molar refractivity (Wildman–Crippen MR) is 293 cm³/mol. The van der Waals surface area contributed by atoms with E-state index in [2.05, 4.69) is 119 Å². The van der Waals surface area contributed by atoms with E-state index in [1.165, 1.54) is 194 Å². The molecule has 10 rings (SSSR count). The molecule has 0 atom stereocenters. The van der Waals surface area contributed by atoms with Crippen LogP contribution in [0.3, 0.4) is 0 Å². The number of unbranched alkanes of at least 4 members (excludes halogenated alkanes) is 14. The average molecular weight is 1140 g/mol. The third kappa shape index (κ3) is 11.1. The second kappa shape index (κ2) is 21.8. The second-order valence-corrected chi connectivity index (χ2v) is 28.5. The molecule has 10 aromatic rings. The van der Waals surface area contributed by atoms with Gasteiger partial charge in [-0.15, -0.1) is 0 Å². The standard InChI is InChI=1S/C36H48S2Se.C16H6Br2S2Se.CH4/c1-3-5-7-9-11-13-15-17-19-29-21-27-23-35-31(25-33(27)37-29)32-26-34-28(24-36(32)39-35)22-30(38-34)20-18-16-14-12-10-8-6-4-2;17-15-3-7-1-13-9(5-11(7)19-15)10-6-12-8(2-14(10)21-13)4-16(18)20-12;/h21-26H,3-20H2,1-2H3;1-6H;1H4. The van der Waals surface area contributed by atoms with Gasteiger partial charge in [-0.2, -0.15) is 0 Å². The van der Waals surface area contributed by atoms with Crippen molar-refractivity contribution in [3.63, 3.8) is 0 Å². The topological polar surface area (TPSA) is 0 Å². The maximum absolute atomic E-state index is 3.60. The average Bonchev–Trinajstić information content (AvgIpc) is 4.09. The van der Waals surface area contributed by atoms with E-state index in [-0.39, 0.29) is 7.43 Å². The SMILES string of the molecule is Brc1cc2cc3[se]c4cc5cc(Br)sc5cc4c3cc2s1.C.CCCCCCCCCCc1cc2cc3[se]c4cc5cc(CCCCCCCCCC)sc5cc4c3cc2s1. The number of hydrogen-bond donors (Lipinski definition) is 0. The van der Waals surface area contributed by atoms with Crippen molar-refractivity contribution in [3.05, 3.63) is 90.1 Å². The molecule has 0 radical (unpaired) electrons. The summed E-state index contributed by atoms with van der Waals surface area (Å²) in [4.78, 5) is 3.18. The van der Waals surface area contributed by atoms with Gasteiger partial charge in [0.2, 0.25) is 0 Å². The Morgan fingerprint density at radius 1 is 0.361 bits per heavy atom. The van der Waals surface area contributed by atoms with Crippen LogP contribution in [0.25, 0.3) is 78.9 Å². The van der Waals surface area contributed by atoms with E-state index >= 15 is 0 Å². The zero-order valence-electron chi connectivity index (χ0n) is 34.9. The molecule has 8 heteroatoms. The first-order chi connectivity index (χ1) is 29.4. The summed E-state index contributed by atoms with van der Waals surface area (Å²) in [5, 5.41) is 11.6. The number of hydrogen-bond acceptors (Lipinski definition) is 4. The molecular formula is C53H58Br2S4Se2. The first-order valence-electron chi connectivity index (χ1n) is 22.4. The summed E-state index contributed by atoms with van der Waals surface area (Å²) in [6.07, 6.45) is 25.0. The van der Waals surface area contributed by atoms with Crippen molar-refractivity contribution >= 4 is 185 Å². The molecule has 0 spiro atoms. The van der Waals surface area contributed by atoms with E-state index in [9.17, 15) is 0 Å². The van der Waals surface area contributed by atoms with Crippen molar-refractivity contribution in [1.82, 2.24) is 0 Å². The Balaban J connectivity index is 0.000000195. The summed E-state index contributed by atoms with van der Waals surface area (Å²) in [6, 6.07) is 29.1. The van der Waals surface area contributed by atoms with E-state index in [1.807, 2.05) is 45.3 Å². The van der Waals surface area contributed by atoms with Crippen LogP contribution in [0.15, 0.2) is 80.4 Å². The predicted octanol–water partition coefficient (Wildman–Crippen LogP) is 20.5. The molecule has 0 saturated carbocycles. The fourth-order valence-corrected chi connectivity index (χ4v) is 19.1. The first-order valence-corrected chi connectivity index (χ1v) is 30.7. The van der Waals surface area contributed by atoms with Gasteiger partial charge >= 0.3 is 365 Å². The molecule has 0 bridgehead atoms. The molecule has 0 aliphatic carbocycles. The number of halogens is 2. The van der Waals surface area contributed by atoms with Crippen molar-refractivity contribution in [2.24, 2.45) is 0 Å². The molecule has 0 fully saturated rings. The Hall–Kier alpha value is -1.28. The number of fused-ring (bicyclic) bond motifs is 10. The molecule has 0 aliphatic heterocycles. The Bertz CT molecular complexity index is 2820. The van der Waals surface area contributed by atoms with Crippen LogP contribution in [-0.4, -0.2) is 29.0 Å². The fourth-order valence-electron chi connectivity index (χ4n) is 8.84. The first kappa shape index (κ1) is 46.3. The zero-order chi connectivity index (χ0) is 41.0. The van der Waals surface area contributed by atoms with Crippen LogP contribution in [0.4, 0.5) is 0 Å². The number of benzene rings is 4. The second-order valence-electron chi connectivity index (χ2n) is 16.7. The molecule has 0 N–H and O–H groups in total. The van der Waals surface area contributed by atoms with Crippen molar-refractivity contribution in [3.8, 4) is 0 Å². The third-order valence-corrected chi connectivity index (χ3v) is 22.3. The number of rotatable bonds is 18. The van der Waals surface area contributed by atoms with Gasteiger partial charge in [0.15, 0.2) is 0 Å². The van der Waals surface area contributed by atoms with Gasteiger partial charge in [-0.25, -0.2) is 0 Å². The van der Waals surface area contributed by atoms with Crippen LogP contribution in [-0.2, 0) is 12.8 Å². The van der Waals surface area contributed by atoms with E-state index in [4.69, 9.17) is 0 Å². The van der Waals surface area contributed by atoms with Gasteiger partial charge in [0.25, 0.3) is 0 Å². The Morgan fingerprint density at radius 2 is 0.656 bits per heavy atom. The van der Waals surface area contributed by atoms with Gasteiger partial charge in [-0.1, -0.05) is 47.0 Å². The fraction of sp³-hybridized carbons (Fsp3) is 0.396. The van der Waals surface area contributed by atoms with Gasteiger partial charge in [0, 0.05) is 0 Å². The number of thiophene rings is 4. The molecule has 6 heterocycles. The van der Waals surface area contributed by atoms with E-state index < -0.39 is 0 Å². The molecule has 4 aromatic carbocycles. The summed E-state index contributed by atoms with van der Waals surface area (Å²) in [7, 11) is 0. The summed E-state index contributed by atoms with van der Waals surface area (Å²) in [5.74, 6) is 0. The molecule has 61 heavy (non-hydrogen) atoms. The van der Waals surface area contributed by atoms with Gasteiger partial charge in [0.05, 0.1) is 0 Å². The van der Waals surface area contributed by atoms with Crippen molar-refractivity contribution < 1.29 is 0 Å². The molecule has 320 valence electrons. The quantitative estimate of drug-likeness (QED) is 0.0593. The van der Waals surface area contributed by atoms with Crippen LogP contribution < -0.4 is 0 Å².